The lowest BCUT2D eigenvalue weighted by molar-refractivity contribution is -0.167. The summed E-state index contributed by atoms with van der Waals surface area (Å²) < 4.78 is 16.9. The fourth-order valence-corrected chi connectivity index (χ4v) is 6.25. The number of esters is 3. The van der Waals surface area contributed by atoms with Crippen molar-refractivity contribution in [2.45, 2.75) is 57.3 Å². The van der Waals surface area contributed by atoms with Gasteiger partial charge in [0.1, 0.15) is 18.3 Å². The SMILES string of the molecule is C=C(C)C(=O)OC1C2CC3C1OC(=O)C3C2C(=O)OC1CC2CCC1C2. The second-order valence-electron chi connectivity index (χ2n) is 8.82. The van der Waals surface area contributed by atoms with Gasteiger partial charge in [0.25, 0.3) is 0 Å². The molecule has 1 aliphatic heterocycles. The molecule has 140 valence electrons. The van der Waals surface area contributed by atoms with E-state index < -0.39 is 30.0 Å². The zero-order valence-corrected chi connectivity index (χ0v) is 14.9. The van der Waals surface area contributed by atoms with Crippen LogP contribution in [0.5, 0.6) is 0 Å². The van der Waals surface area contributed by atoms with Crippen LogP contribution in [0.1, 0.15) is 39.0 Å². The minimum atomic E-state index is -0.565. The van der Waals surface area contributed by atoms with Crippen molar-refractivity contribution in [1.82, 2.24) is 0 Å². The molecule has 0 radical (unpaired) electrons. The molecule has 4 saturated carbocycles. The molecule has 9 unspecified atom stereocenters. The van der Waals surface area contributed by atoms with Crippen molar-refractivity contribution in [3.63, 3.8) is 0 Å². The fraction of sp³-hybridized carbons (Fsp3) is 0.750. The van der Waals surface area contributed by atoms with Gasteiger partial charge in [-0.1, -0.05) is 6.58 Å². The maximum atomic E-state index is 13.0. The van der Waals surface area contributed by atoms with E-state index in [1.807, 2.05) is 0 Å². The first-order valence-electron chi connectivity index (χ1n) is 9.71. The lowest BCUT2D eigenvalue weighted by Crippen LogP contribution is -2.44. The molecule has 0 aromatic rings. The second kappa shape index (κ2) is 5.57. The third-order valence-electron chi connectivity index (χ3n) is 7.35. The zero-order chi connectivity index (χ0) is 18.2. The van der Waals surface area contributed by atoms with Crippen LogP contribution in [0.25, 0.3) is 0 Å². The first kappa shape index (κ1) is 16.3. The van der Waals surface area contributed by atoms with Crippen LogP contribution in [0, 0.1) is 35.5 Å². The van der Waals surface area contributed by atoms with Gasteiger partial charge in [-0.25, -0.2) is 4.79 Å². The highest BCUT2D eigenvalue weighted by Gasteiger charge is 2.70. The predicted molar refractivity (Wildman–Crippen MR) is 88.5 cm³/mol. The van der Waals surface area contributed by atoms with Crippen LogP contribution >= 0.6 is 0 Å². The van der Waals surface area contributed by atoms with E-state index >= 15 is 0 Å². The fourth-order valence-electron chi connectivity index (χ4n) is 6.25. The normalized spacial score (nSPS) is 47.1. The average molecular weight is 360 g/mol. The lowest BCUT2D eigenvalue weighted by Gasteiger charge is -2.32. The molecule has 5 rings (SSSR count). The van der Waals surface area contributed by atoms with Gasteiger partial charge in [0, 0.05) is 17.4 Å². The van der Waals surface area contributed by atoms with Crippen LogP contribution in [-0.4, -0.2) is 36.2 Å². The summed E-state index contributed by atoms with van der Waals surface area (Å²) in [5.41, 5.74) is 0.301. The lowest BCUT2D eigenvalue weighted by atomic mass is 9.78. The highest BCUT2D eigenvalue weighted by Crippen LogP contribution is 2.59. The van der Waals surface area contributed by atoms with Crippen molar-refractivity contribution in [3.8, 4) is 0 Å². The Labute approximate surface area is 152 Å². The number of hydrogen-bond donors (Lipinski definition) is 0. The molecule has 1 heterocycles. The van der Waals surface area contributed by atoms with Gasteiger partial charge in [-0.3, -0.25) is 9.59 Å². The van der Waals surface area contributed by atoms with Crippen LogP contribution < -0.4 is 0 Å². The predicted octanol–water partition coefficient (Wildman–Crippen LogP) is 2.01. The minimum absolute atomic E-state index is 0.00924. The minimum Gasteiger partial charge on any atom is -0.462 e. The highest BCUT2D eigenvalue weighted by molar-refractivity contribution is 5.88. The van der Waals surface area contributed by atoms with E-state index in [0.717, 1.165) is 19.3 Å². The second-order valence-corrected chi connectivity index (χ2v) is 8.82. The Morgan fingerprint density at radius 3 is 2.58 bits per heavy atom. The van der Waals surface area contributed by atoms with Gasteiger partial charge < -0.3 is 14.2 Å². The van der Waals surface area contributed by atoms with Crippen molar-refractivity contribution >= 4 is 17.9 Å². The Morgan fingerprint density at radius 1 is 1.12 bits per heavy atom. The van der Waals surface area contributed by atoms with Gasteiger partial charge in [0.2, 0.25) is 0 Å². The maximum absolute atomic E-state index is 13.0. The van der Waals surface area contributed by atoms with E-state index in [1.165, 1.54) is 6.42 Å². The van der Waals surface area contributed by atoms with Crippen LogP contribution in [-0.2, 0) is 28.6 Å². The topological polar surface area (TPSA) is 78.9 Å². The molecule has 0 aromatic carbocycles. The molecule has 4 aliphatic carbocycles. The molecule has 5 aliphatic rings. The largest absolute Gasteiger partial charge is 0.462 e. The molecule has 0 N–H and O–H groups in total. The summed E-state index contributed by atoms with van der Waals surface area (Å²) in [5, 5.41) is 0. The van der Waals surface area contributed by atoms with Crippen molar-refractivity contribution < 1.29 is 28.6 Å². The summed E-state index contributed by atoms with van der Waals surface area (Å²) in [4.78, 5) is 37.3. The summed E-state index contributed by atoms with van der Waals surface area (Å²) in [7, 11) is 0. The van der Waals surface area contributed by atoms with E-state index in [2.05, 4.69) is 6.58 Å². The van der Waals surface area contributed by atoms with E-state index in [0.29, 0.717) is 23.8 Å². The summed E-state index contributed by atoms with van der Waals surface area (Å²) in [6.45, 7) is 5.19. The van der Waals surface area contributed by atoms with Crippen molar-refractivity contribution in [3.05, 3.63) is 12.2 Å². The third-order valence-corrected chi connectivity index (χ3v) is 7.35. The Hall–Kier alpha value is -1.85. The molecule has 0 aromatic heterocycles. The van der Waals surface area contributed by atoms with Crippen LogP contribution in [0.3, 0.4) is 0 Å². The third kappa shape index (κ3) is 2.20. The molecule has 6 nitrogen and oxygen atoms in total. The first-order valence-corrected chi connectivity index (χ1v) is 9.71. The Morgan fingerprint density at radius 2 is 1.92 bits per heavy atom. The molecular formula is C20H24O6. The summed E-state index contributed by atoms with van der Waals surface area (Å²) >= 11 is 0. The van der Waals surface area contributed by atoms with E-state index in [-0.39, 0.29) is 29.9 Å². The van der Waals surface area contributed by atoms with Crippen molar-refractivity contribution in [2.24, 2.45) is 35.5 Å². The Balaban J connectivity index is 1.35. The quantitative estimate of drug-likeness (QED) is 0.434. The smallest absolute Gasteiger partial charge is 0.333 e. The number of carbonyl (C=O) groups excluding carboxylic acids is 3. The molecule has 5 fully saturated rings. The molecule has 0 spiro atoms. The number of rotatable bonds is 4. The van der Waals surface area contributed by atoms with Gasteiger partial charge in [-0.05, 0) is 50.9 Å². The number of ether oxygens (including phenoxy) is 3. The highest BCUT2D eigenvalue weighted by atomic mass is 16.6. The molecule has 1 saturated heterocycles. The molecule has 6 heteroatoms. The van der Waals surface area contributed by atoms with E-state index in [4.69, 9.17) is 14.2 Å². The molecule has 9 atom stereocenters. The van der Waals surface area contributed by atoms with Crippen molar-refractivity contribution in [2.75, 3.05) is 0 Å². The van der Waals surface area contributed by atoms with Gasteiger partial charge in [-0.15, -0.1) is 0 Å². The van der Waals surface area contributed by atoms with Gasteiger partial charge >= 0.3 is 17.9 Å². The summed E-state index contributed by atoms with van der Waals surface area (Å²) in [6, 6.07) is 0. The maximum Gasteiger partial charge on any atom is 0.333 e. The molecule has 26 heavy (non-hydrogen) atoms. The Kier molecular flexibility index (Phi) is 3.50. The Bertz CT molecular complexity index is 698. The van der Waals surface area contributed by atoms with E-state index in [1.54, 1.807) is 6.92 Å². The monoisotopic (exact) mass is 360 g/mol. The van der Waals surface area contributed by atoms with Crippen LogP contribution in [0.15, 0.2) is 12.2 Å². The van der Waals surface area contributed by atoms with Crippen molar-refractivity contribution in [1.29, 1.82) is 0 Å². The van der Waals surface area contributed by atoms with E-state index in [9.17, 15) is 14.4 Å². The van der Waals surface area contributed by atoms with Crippen LogP contribution in [0.2, 0.25) is 0 Å². The summed E-state index contributed by atoms with van der Waals surface area (Å²) in [5.74, 6) is -1.21. The van der Waals surface area contributed by atoms with Gasteiger partial charge in [0.15, 0.2) is 0 Å². The standard InChI is InChI=1S/C20H24O6/c1-8(2)18(21)25-16-11-7-12-15(20(23)26-17(12)16)14(11)19(22)24-13-6-9-3-4-10(13)5-9/h9-17H,1,3-7H2,2H3. The number of carbonyl (C=O) groups is 3. The first-order chi connectivity index (χ1) is 12.4. The van der Waals surface area contributed by atoms with Gasteiger partial charge in [0.05, 0.1) is 11.8 Å². The number of fused-ring (bicyclic) bond motifs is 3. The molecular weight excluding hydrogens is 336 g/mol. The number of hydrogen-bond acceptors (Lipinski definition) is 6. The molecule has 4 bridgehead atoms. The molecule has 0 amide bonds. The average Bonchev–Trinajstić information content (AvgIpc) is 3.35. The van der Waals surface area contributed by atoms with Gasteiger partial charge in [-0.2, -0.15) is 0 Å². The van der Waals surface area contributed by atoms with Crippen LogP contribution in [0.4, 0.5) is 0 Å². The summed E-state index contributed by atoms with van der Waals surface area (Å²) in [6.07, 6.45) is 4.14. The zero-order valence-electron chi connectivity index (χ0n) is 14.9.